The molecule has 2 N–H and O–H groups in total. The van der Waals surface area contributed by atoms with Gasteiger partial charge in [0.15, 0.2) is 0 Å². The molecule has 88 valence electrons. The summed E-state index contributed by atoms with van der Waals surface area (Å²) in [6.07, 6.45) is 6.67. The van der Waals surface area contributed by atoms with Gasteiger partial charge in [0.2, 0.25) is 5.82 Å². The Balaban J connectivity index is 1.96. The molecule has 1 fully saturated rings. The summed E-state index contributed by atoms with van der Waals surface area (Å²) in [5.41, 5.74) is 0.921. The third-order valence-corrected chi connectivity index (χ3v) is 3.20. The SMILES string of the molecule is Cn1c(CNC2CCCC2)cnc1C(=O)O. The van der Waals surface area contributed by atoms with Crippen LogP contribution in [-0.2, 0) is 13.6 Å². The van der Waals surface area contributed by atoms with Gasteiger partial charge >= 0.3 is 5.97 Å². The van der Waals surface area contributed by atoms with E-state index >= 15 is 0 Å². The fourth-order valence-electron chi connectivity index (χ4n) is 2.19. The minimum Gasteiger partial charge on any atom is -0.475 e. The van der Waals surface area contributed by atoms with Crippen LogP contribution in [0, 0.1) is 0 Å². The molecule has 0 atom stereocenters. The summed E-state index contributed by atoms with van der Waals surface area (Å²) in [6, 6.07) is 0.586. The Morgan fingerprint density at radius 3 is 2.88 bits per heavy atom. The van der Waals surface area contributed by atoms with Gasteiger partial charge in [0.05, 0.1) is 11.9 Å². The molecule has 1 aliphatic rings. The van der Waals surface area contributed by atoms with Crippen molar-refractivity contribution in [1.82, 2.24) is 14.9 Å². The fraction of sp³-hybridized carbons (Fsp3) is 0.636. The van der Waals surface area contributed by atoms with E-state index in [1.165, 1.54) is 25.7 Å². The number of imidazole rings is 1. The highest BCUT2D eigenvalue weighted by Crippen LogP contribution is 2.18. The van der Waals surface area contributed by atoms with Crippen LogP contribution in [0.5, 0.6) is 0 Å². The Hall–Kier alpha value is -1.36. The molecule has 0 bridgehead atoms. The lowest BCUT2D eigenvalue weighted by Gasteiger charge is -2.11. The highest BCUT2D eigenvalue weighted by molar-refractivity contribution is 5.83. The van der Waals surface area contributed by atoms with Gasteiger partial charge in [-0.2, -0.15) is 0 Å². The molecular weight excluding hydrogens is 206 g/mol. The molecule has 0 spiro atoms. The van der Waals surface area contributed by atoms with Crippen molar-refractivity contribution in [2.75, 3.05) is 0 Å². The topological polar surface area (TPSA) is 67.2 Å². The number of aromatic carboxylic acids is 1. The molecule has 1 aromatic heterocycles. The number of hydrogen-bond donors (Lipinski definition) is 2. The Morgan fingerprint density at radius 1 is 1.62 bits per heavy atom. The van der Waals surface area contributed by atoms with Crippen molar-refractivity contribution >= 4 is 5.97 Å². The second-order valence-electron chi connectivity index (χ2n) is 4.30. The number of carboxylic acids is 1. The van der Waals surface area contributed by atoms with Crippen LogP contribution in [0.15, 0.2) is 6.20 Å². The van der Waals surface area contributed by atoms with Gasteiger partial charge in [-0.05, 0) is 12.8 Å². The molecule has 0 unspecified atom stereocenters. The number of carboxylic acid groups (broad SMARTS) is 1. The first-order chi connectivity index (χ1) is 7.68. The molecule has 5 heteroatoms. The molecular formula is C11H17N3O2. The predicted molar refractivity (Wildman–Crippen MR) is 59.3 cm³/mol. The van der Waals surface area contributed by atoms with Crippen molar-refractivity contribution in [1.29, 1.82) is 0 Å². The summed E-state index contributed by atoms with van der Waals surface area (Å²) in [6.45, 7) is 0.696. The minimum absolute atomic E-state index is 0.100. The summed E-state index contributed by atoms with van der Waals surface area (Å²) in [5.74, 6) is -0.877. The fourth-order valence-corrected chi connectivity index (χ4v) is 2.19. The summed E-state index contributed by atoms with van der Waals surface area (Å²) in [5, 5.41) is 12.3. The number of carbonyl (C=O) groups is 1. The van der Waals surface area contributed by atoms with Crippen molar-refractivity contribution in [3.05, 3.63) is 17.7 Å². The molecule has 0 radical (unpaired) electrons. The van der Waals surface area contributed by atoms with Gasteiger partial charge in [0, 0.05) is 19.6 Å². The van der Waals surface area contributed by atoms with Gasteiger partial charge in [0.1, 0.15) is 0 Å². The lowest BCUT2D eigenvalue weighted by atomic mass is 10.2. The zero-order valence-electron chi connectivity index (χ0n) is 9.44. The van der Waals surface area contributed by atoms with Gasteiger partial charge in [-0.1, -0.05) is 12.8 Å². The second-order valence-corrected chi connectivity index (χ2v) is 4.30. The molecule has 2 rings (SSSR count). The number of nitrogens with zero attached hydrogens (tertiary/aromatic N) is 2. The lowest BCUT2D eigenvalue weighted by molar-refractivity contribution is 0.0679. The number of nitrogens with one attached hydrogen (secondary N) is 1. The van der Waals surface area contributed by atoms with E-state index < -0.39 is 5.97 Å². The van der Waals surface area contributed by atoms with E-state index in [1.54, 1.807) is 17.8 Å². The van der Waals surface area contributed by atoms with Gasteiger partial charge in [-0.3, -0.25) is 0 Å². The molecule has 1 aromatic rings. The first-order valence-electron chi connectivity index (χ1n) is 5.65. The van der Waals surface area contributed by atoms with Crippen molar-refractivity contribution in [3.63, 3.8) is 0 Å². The predicted octanol–water partition coefficient (Wildman–Crippen LogP) is 1.15. The quantitative estimate of drug-likeness (QED) is 0.803. The monoisotopic (exact) mass is 223 g/mol. The van der Waals surface area contributed by atoms with Gasteiger partial charge in [0.25, 0.3) is 0 Å². The lowest BCUT2D eigenvalue weighted by Crippen LogP contribution is -2.26. The van der Waals surface area contributed by atoms with E-state index in [2.05, 4.69) is 10.3 Å². The molecule has 0 amide bonds. The number of hydrogen-bond acceptors (Lipinski definition) is 3. The van der Waals surface area contributed by atoms with Crippen LogP contribution in [0.2, 0.25) is 0 Å². The zero-order valence-corrected chi connectivity index (χ0v) is 9.44. The van der Waals surface area contributed by atoms with Gasteiger partial charge in [-0.25, -0.2) is 9.78 Å². The van der Waals surface area contributed by atoms with Crippen LogP contribution in [-0.4, -0.2) is 26.7 Å². The Labute approximate surface area is 94.5 Å². The Bertz CT molecular complexity index is 381. The summed E-state index contributed by atoms with van der Waals surface area (Å²) in [4.78, 5) is 14.7. The van der Waals surface area contributed by atoms with E-state index in [9.17, 15) is 4.79 Å². The van der Waals surface area contributed by atoms with E-state index in [0.717, 1.165) is 5.69 Å². The molecule has 1 saturated carbocycles. The van der Waals surface area contributed by atoms with Gasteiger partial charge < -0.3 is 15.0 Å². The summed E-state index contributed by atoms with van der Waals surface area (Å²) < 4.78 is 1.63. The smallest absolute Gasteiger partial charge is 0.372 e. The van der Waals surface area contributed by atoms with E-state index in [1.807, 2.05) is 0 Å². The van der Waals surface area contributed by atoms with Crippen molar-refractivity contribution in [2.24, 2.45) is 7.05 Å². The van der Waals surface area contributed by atoms with E-state index in [4.69, 9.17) is 5.11 Å². The maximum atomic E-state index is 10.8. The summed E-state index contributed by atoms with van der Waals surface area (Å²) in [7, 11) is 1.74. The van der Waals surface area contributed by atoms with Crippen LogP contribution in [0.4, 0.5) is 0 Å². The highest BCUT2D eigenvalue weighted by atomic mass is 16.4. The largest absolute Gasteiger partial charge is 0.475 e. The van der Waals surface area contributed by atoms with E-state index in [0.29, 0.717) is 12.6 Å². The zero-order chi connectivity index (χ0) is 11.5. The number of aromatic nitrogens is 2. The Morgan fingerprint density at radius 2 is 2.31 bits per heavy atom. The second kappa shape index (κ2) is 4.65. The average Bonchev–Trinajstić information content (AvgIpc) is 2.84. The van der Waals surface area contributed by atoms with Crippen LogP contribution in [0.3, 0.4) is 0 Å². The van der Waals surface area contributed by atoms with Crippen molar-refractivity contribution in [2.45, 2.75) is 38.3 Å². The minimum atomic E-state index is -0.977. The molecule has 5 nitrogen and oxygen atoms in total. The van der Waals surface area contributed by atoms with Crippen LogP contribution in [0.1, 0.15) is 42.0 Å². The molecule has 0 saturated heterocycles. The molecule has 0 aromatic carbocycles. The standard InChI is InChI=1S/C11H17N3O2/c1-14-9(7-13-10(14)11(15)16)6-12-8-4-2-3-5-8/h7-8,12H,2-6H2,1H3,(H,15,16). The number of rotatable bonds is 4. The third-order valence-electron chi connectivity index (χ3n) is 3.20. The third kappa shape index (κ3) is 2.24. The van der Waals surface area contributed by atoms with Crippen molar-refractivity contribution < 1.29 is 9.90 Å². The van der Waals surface area contributed by atoms with Crippen LogP contribution >= 0.6 is 0 Å². The first kappa shape index (κ1) is 11.1. The molecule has 16 heavy (non-hydrogen) atoms. The average molecular weight is 223 g/mol. The molecule has 1 aliphatic carbocycles. The highest BCUT2D eigenvalue weighted by Gasteiger charge is 2.16. The molecule has 0 aliphatic heterocycles. The van der Waals surface area contributed by atoms with Gasteiger partial charge in [-0.15, -0.1) is 0 Å². The normalized spacial score (nSPS) is 16.8. The van der Waals surface area contributed by atoms with E-state index in [-0.39, 0.29) is 5.82 Å². The van der Waals surface area contributed by atoms with Crippen LogP contribution in [0.25, 0.3) is 0 Å². The molecule has 1 heterocycles. The van der Waals surface area contributed by atoms with Crippen LogP contribution < -0.4 is 5.32 Å². The summed E-state index contributed by atoms with van der Waals surface area (Å²) >= 11 is 0. The van der Waals surface area contributed by atoms with Crippen molar-refractivity contribution in [3.8, 4) is 0 Å². The maximum Gasteiger partial charge on any atom is 0.372 e. The Kier molecular flexibility index (Phi) is 3.24. The maximum absolute atomic E-state index is 10.8. The first-order valence-corrected chi connectivity index (χ1v) is 5.65.